The molecule has 1 saturated heterocycles. The van der Waals surface area contributed by atoms with Crippen LogP contribution in [-0.4, -0.2) is 40.5 Å². The molecule has 1 unspecified atom stereocenters. The first kappa shape index (κ1) is 23.3. The average Bonchev–Trinajstić information content (AvgIpc) is 3.21. The van der Waals surface area contributed by atoms with Crippen LogP contribution in [0.5, 0.6) is 0 Å². The maximum atomic E-state index is 12.5. The molecule has 1 amide bonds. The number of rotatable bonds is 8. The van der Waals surface area contributed by atoms with E-state index < -0.39 is 10.0 Å². The number of para-hydroxylation sites is 1. The Morgan fingerprint density at radius 3 is 2.39 bits per heavy atom. The molecule has 1 aliphatic heterocycles. The molecule has 0 spiro atoms. The van der Waals surface area contributed by atoms with Crippen molar-refractivity contribution in [3.8, 4) is 0 Å². The fourth-order valence-corrected chi connectivity index (χ4v) is 4.77. The van der Waals surface area contributed by atoms with Gasteiger partial charge in [-0.1, -0.05) is 51.1 Å². The molecule has 3 rings (SSSR count). The lowest BCUT2D eigenvalue weighted by atomic mass is 9.87. The summed E-state index contributed by atoms with van der Waals surface area (Å²) in [5, 5.41) is 2.95. The van der Waals surface area contributed by atoms with Crippen molar-refractivity contribution in [3.05, 3.63) is 60.2 Å². The van der Waals surface area contributed by atoms with E-state index in [-0.39, 0.29) is 29.2 Å². The van der Waals surface area contributed by atoms with E-state index in [0.29, 0.717) is 12.5 Å². The van der Waals surface area contributed by atoms with Crippen LogP contribution < -0.4 is 14.9 Å². The Labute approximate surface area is 186 Å². The molecule has 1 aliphatic rings. The molecule has 0 saturated carbocycles. The molecular weight excluding hydrogens is 410 g/mol. The molecule has 2 aromatic rings. The fourth-order valence-electron chi connectivity index (χ4n) is 3.74. The summed E-state index contributed by atoms with van der Waals surface area (Å²) in [6.07, 6.45) is 1.15. The van der Waals surface area contributed by atoms with Crippen molar-refractivity contribution in [2.75, 3.05) is 31.1 Å². The Hall–Kier alpha value is -2.38. The minimum atomic E-state index is -3.62. The lowest BCUT2D eigenvalue weighted by Gasteiger charge is -2.19. The zero-order valence-corrected chi connectivity index (χ0v) is 19.4. The van der Waals surface area contributed by atoms with Gasteiger partial charge in [0.05, 0.1) is 4.90 Å². The molecule has 1 atom stereocenters. The molecule has 168 valence electrons. The highest BCUT2D eigenvalue weighted by molar-refractivity contribution is 7.89. The van der Waals surface area contributed by atoms with E-state index in [1.807, 2.05) is 30.3 Å². The summed E-state index contributed by atoms with van der Waals surface area (Å²) in [5.41, 5.74) is 2.25. The van der Waals surface area contributed by atoms with E-state index in [1.54, 1.807) is 12.1 Å². The highest BCUT2D eigenvalue weighted by Gasteiger charge is 2.23. The maximum absolute atomic E-state index is 12.5. The first-order chi connectivity index (χ1) is 14.6. The van der Waals surface area contributed by atoms with Crippen LogP contribution in [0.3, 0.4) is 0 Å². The van der Waals surface area contributed by atoms with Crippen molar-refractivity contribution >= 4 is 21.6 Å². The Kier molecular flexibility index (Phi) is 7.38. The van der Waals surface area contributed by atoms with Gasteiger partial charge in [-0.2, -0.15) is 0 Å². The van der Waals surface area contributed by atoms with E-state index in [4.69, 9.17) is 0 Å². The quantitative estimate of drug-likeness (QED) is 0.656. The lowest BCUT2D eigenvalue weighted by Crippen LogP contribution is -2.34. The van der Waals surface area contributed by atoms with Crippen molar-refractivity contribution in [2.45, 2.75) is 43.9 Å². The van der Waals surface area contributed by atoms with E-state index in [1.165, 1.54) is 5.69 Å². The molecule has 1 fully saturated rings. The van der Waals surface area contributed by atoms with Gasteiger partial charge >= 0.3 is 0 Å². The van der Waals surface area contributed by atoms with Crippen LogP contribution in [0.1, 0.15) is 39.2 Å². The average molecular weight is 444 g/mol. The number of carbonyl (C=O) groups excluding carboxylic acids is 1. The van der Waals surface area contributed by atoms with Crippen LogP contribution in [0.25, 0.3) is 0 Å². The molecule has 0 bridgehead atoms. The summed E-state index contributed by atoms with van der Waals surface area (Å²) in [7, 11) is -3.62. The number of anilines is 1. The molecule has 7 heteroatoms. The van der Waals surface area contributed by atoms with Crippen molar-refractivity contribution in [1.29, 1.82) is 0 Å². The second-order valence-electron chi connectivity index (χ2n) is 9.16. The summed E-state index contributed by atoms with van der Waals surface area (Å²) in [4.78, 5) is 14.7. The number of sulfonamides is 1. The smallest absolute Gasteiger partial charge is 0.240 e. The number of nitrogens with zero attached hydrogens (tertiary/aromatic N) is 1. The van der Waals surface area contributed by atoms with Crippen molar-refractivity contribution in [3.63, 3.8) is 0 Å². The van der Waals surface area contributed by atoms with Gasteiger partial charge in [-0.3, -0.25) is 4.79 Å². The lowest BCUT2D eigenvalue weighted by molar-refractivity contribution is -0.121. The van der Waals surface area contributed by atoms with Gasteiger partial charge in [0.1, 0.15) is 0 Å². The first-order valence-corrected chi connectivity index (χ1v) is 12.3. The van der Waals surface area contributed by atoms with Crippen molar-refractivity contribution in [1.82, 2.24) is 10.0 Å². The van der Waals surface area contributed by atoms with E-state index in [0.717, 1.165) is 25.1 Å². The molecule has 0 radical (unpaired) electrons. The largest absolute Gasteiger partial charge is 0.371 e. The van der Waals surface area contributed by atoms with Crippen LogP contribution in [-0.2, 0) is 20.2 Å². The Balaban J connectivity index is 1.40. The van der Waals surface area contributed by atoms with Gasteiger partial charge in [-0.05, 0) is 47.6 Å². The topological polar surface area (TPSA) is 78.5 Å². The van der Waals surface area contributed by atoms with Gasteiger partial charge in [-0.15, -0.1) is 0 Å². The highest BCUT2D eigenvalue weighted by atomic mass is 32.2. The number of amides is 1. The monoisotopic (exact) mass is 443 g/mol. The molecule has 1 heterocycles. The summed E-state index contributed by atoms with van der Waals surface area (Å²) in [6.45, 7) is 8.84. The Morgan fingerprint density at radius 2 is 1.74 bits per heavy atom. The van der Waals surface area contributed by atoms with Crippen molar-refractivity contribution in [2.24, 2.45) is 5.92 Å². The van der Waals surface area contributed by atoms with Crippen LogP contribution in [0, 0.1) is 5.92 Å². The Bertz CT molecular complexity index is 967. The van der Waals surface area contributed by atoms with Gasteiger partial charge in [-0.25, -0.2) is 13.1 Å². The van der Waals surface area contributed by atoms with E-state index >= 15 is 0 Å². The highest BCUT2D eigenvalue weighted by Crippen LogP contribution is 2.24. The van der Waals surface area contributed by atoms with Crippen LogP contribution >= 0.6 is 0 Å². The Morgan fingerprint density at radius 1 is 1.06 bits per heavy atom. The second-order valence-corrected chi connectivity index (χ2v) is 10.9. The second kappa shape index (κ2) is 9.83. The standard InChI is InChI=1S/C24H33N3O3S/c1-24(2,3)20-9-11-22(12-10-20)31(29,30)26-15-13-23(28)25-17-19-14-16-27(18-19)21-7-5-4-6-8-21/h4-12,19,26H,13-18H2,1-3H3,(H,25,28). The zero-order valence-electron chi connectivity index (χ0n) is 18.6. The van der Waals surface area contributed by atoms with Gasteiger partial charge in [0.25, 0.3) is 0 Å². The third-order valence-corrected chi connectivity index (χ3v) is 7.15. The summed E-state index contributed by atoms with van der Waals surface area (Å²) in [5.74, 6) is 0.270. The van der Waals surface area contributed by atoms with Gasteiger partial charge in [0.15, 0.2) is 0 Å². The van der Waals surface area contributed by atoms with E-state index in [2.05, 4.69) is 47.8 Å². The van der Waals surface area contributed by atoms with Gasteiger partial charge < -0.3 is 10.2 Å². The molecule has 31 heavy (non-hydrogen) atoms. The van der Waals surface area contributed by atoms with Crippen LogP contribution in [0.2, 0.25) is 0 Å². The number of hydrogen-bond acceptors (Lipinski definition) is 4. The first-order valence-electron chi connectivity index (χ1n) is 10.8. The number of benzene rings is 2. The molecule has 0 aliphatic carbocycles. The zero-order chi connectivity index (χ0) is 22.5. The minimum Gasteiger partial charge on any atom is -0.371 e. The molecule has 2 aromatic carbocycles. The van der Waals surface area contributed by atoms with Gasteiger partial charge in [0, 0.05) is 38.3 Å². The molecule has 6 nitrogen and oxygen atoms in total. The van der Waals surface area contributed by atoms with Crippen LogP contribution in [0.15, 0.2) is 59.5 Å². The third-order valence-electron chi connectivity index (χ3n) is 5.67. The van der Waals surface area contributed by atoms with Crippen molar-refractivity contribution < 1.29 is 13.2 Å². The normalized spacial score (nSPS) is 17.0. The maximum Gasteiger partial charge on any atom is 0.240 e. The SMILES string of the molecule is CC(C)(C)c1ccc(S(=O)(=O)NCCC(=O)NCC2CCN(c3ccccc3)C2)cc1. The summed E-state index contributed by atoms with van der Waals surface area (Å²) >= 11 is 0. The fraction of sp³-hybridized carbons (Fsp3) is 0.458. The minimum absolute atomic E-state index is 0.0365. The predicted molar refractivity (Wildman–Crippen MR) is 125 cm³/mol. The number of nitrogens with one attached hydrogen (secondary N) is 2. The third kappa shape index (κ3) is 6.55. The number of hydrogen-bond donors (Lipinski definition) is 2. The number of carbonyl (C=O) groups is 1. The molecule has 0 aromatic heterocycles. The van der Waals surface area contributed by atoms with Gasteiger partial charge in [0.2, 0.25) is 15.9 Å². The molecular formula is C24H33N3O3S. The summed E-state index contributed by atoms with van der Waals surface area (Å²) in [6, 6.07) is 17.2. The predicted octanol–water partition coefficient (Wildman–Crippen LogP) is 3.30. The van der Waals surface area contributed by atoms with E-state index in [9.17, 15) is 13.2 Å². The summed E-state index contributed by atoms with van der Waals surface area (Å²) < 4.78 is 27.5. The van der Waals surface area contributed by atoms with Crippen LogP contribution in [0.4, 0.5) is 5.69 Å². The molecule has 2 N–H and O–H groups in total.